The van der Waals surface area contributed by atoms with E-state index in [0.717, 1.165) is 0 Å². The number of H-pyrrole nitrogens is 1. The lowest BCUT2D eigenvalue weighted by atomic mass is 9.99. The summed E-state index contributed by atoms with van der Waals surface area (Å²) in [5.74, 6) is -0.550. The van der Waals surface area contributed by atoms with Gasteiger partial charge in [0.2, 0.25) is 0 Å². The second kappa shape index (κ2) is 5.11. The smallest absolute Gasteiger partial charge is 0.149 e. The van der Waals surface area contributed by atoms with Crippen LogP contribution >= 0.6 is 11.6 Å². The summed E-state index contributed by atoms with van der Waals surface area (Å²) in [6.07, 6.45) is 3.29. The fourth-order valence-electron chi connectivity index (χ4n) is 2.13. The number of nitrogens with one attached hydrogen (secondary N) is 1. The molecule has 2 aromatic rings. The summed E-state index contributed by atoms with van der Waals surface area (Å²) in [6.45, 7) is 6.95. The maximum absolute atomic E-state index is 14.4. The minimum atomic E-state index is -0.550. The van der Waals surface area contributed by atoms with Gasteiger partial charge in [0, 0.05) is 22.6 Å². The van der Waals surface area contributed by atoms with Crippen LogP contribution in [0.15, 0.2) is 17.3 Å². The molecule has 1 aromatic heterocycles. The van der Waals surface area contributed by atoms with E-state index >= 15 is 0 Å². The Balaban J connectivity index is 2.95. The molecule has 0 amide bonds. The summed E-state index contributed by atoms with van der Waals surface area (Å²) in [7, 11) is 0. The highest BCUT2D eigenvalue weighted by atomic mass is 35.5. The lowest BCUT2D eigenvalue weighted by Crippen LogP contribution is -2.10. The van der Waals surface area contributed by atoms with Gasteiger partial charge in [-0.1, -0.05) is 17.7 Å². The van der Waals surface area contributed by atoms with Crippen LogP contribution < -0.4 is 5.73 Å². The zero-order valence-corrected chi connectivity index (χ0v) is 11.4. The van der Waals surface area contributed by atoms with Crippen molar-refractivity contribution in [1.82, 2.24) is 10.2 Å². The van der Waals surface area contributed by atoms with Crippen LogP contribution in [0.5, 0.6) is 0 Å². The van der Waals surface area contributed by atoms with Gasteiger partial charge < -0.3 is 5.73 Å². The Morgan fingerprint density at radius 1 is 1.68 bits per heavy atom. The van der Waals surface area contributed by atoms with Crippen LogP contribution in [0, 0.1) is 5.82 Å². The monoisotopic (exact) mass is 280 g/mol. The quantitative estimate of drug-likeness (QED) is 0.846. The van der Waals surface area contributed by atoms with Crippen LogP contribution in [0.1, 0.15) is 31.0 Å². The van der Waals surface area contributed by atoms with E-state index < -0.39 is 11.9 Å². The van der Waals surface area contributed by atoms with Gasteiger partial charge in [0.15, 0.2) is 0 Å². The molecule has 0 saturated heterocycles. The van der Waals surface area contributed by atoms with Gasteiger partial charge in [-0.3, -0.25) is 10.1 Å². The molecule has 1 atom stereocenters. The lowest BCUT2D eigenvalue weighted by molar-refractivity contribution is 0.597. The van der Waals surface area contributed by atoms with E-state index in [1.54, 1.807) is 26.1 Å². The first kappa shape index (κ1) is 13.7. The Morgan fingerprint density at radius 3 is 2.89 bits per heavy atom. The number of halogens is 2. The molecular weight excluding hydrogens is 267 g/mol. The molecule has 1 unspecified atom stereocenters. The van der Waals surface area contributed by atoms with E-state index in [0.29, 0.717) is 27.7 Å². The van der Waals surface area contributed by atoms with E-state index in [1.165, 1.54) is 0 Å². The van der Waals surface area contributed by atoms with Crippen LogP contribution in [-0.4, -0.2) is 16.9 Å². The summed E-state index contributed by atoms with van der Waals surface area (Å²) < 4.78 is 14.4. The summed E-state index contributed by atoms with van der Waals surface area (Å²) in [5, 5.41) is 7.37. The van der Waals surface area contributed by atoms with Crippen molar-refractivity contribution in [2.75, 3.05) is 0 Å². The van der Waals surface area contributed by atoms with Gasteiger partial charge in [0.1, 0.15) is 5.82 Å². The molecular formula is C13H14ClFN4. The van der Waals surface area contributed by atoms with E-state index in [1.807, 2.05) is 0 Å². The van der Waals surface area contributed by atoms with Gasteiger partial charge >= 0.3 is 0 Å². The van der Waals surface area contributed by atoms with Crippen molar-refractivity contribution >= 4 is 34.9 Å². The van der Waals surface area contributed by atoms with Crippen LogP contribution in [0.4, 0.5) is 4.39 Å². The van der Waals surface area contributed by atoms with Crippen molar-refractivity contribution in [2.45, 2.75) is 19.9 Å². The van der Waals surface area contributed by atoms with Gasteiger partial charge in [-0.15, -0.1) is 0 Å². The largest absolute Gasteiger partial charge is 0.324 e. The van der Waals surface area contributed by atoms with Crippen molar-refractivity contribution in [3.63, 3.8) is 0 Å². The third-order valence-corrected chi connectivity index (χ3v) is 3.34. The molecule has 3 N–H and O–H groups in total. The first-order chi connectivity index (χ1) is 9.02. The molecule has 100 valence electrons. The number of allylic oxidation sites excluding steroid dienone is 1. The Hall–Kier alpha value is -1.72. The van der Waals surface area contributed by atoms with E-state index in [4.69, 9.17) is 17.3 Å². The van der Waals surface area contributed by atoms with Crippen molar-refractivity contribution in [3.8, 4) is 0 Å². The molecule has 1 aromatic carbocycles. The molecule has 0 spiro atoms. The molecule has 6 heteroatoms. The predicted molar refractivity (Wildman–Crippen MR) is 76.9 cm³/mol. The Bertz CT molecular complexity index is 673. The topological polar surface area (TPSA) is 67.1 Å². The van der Waals surface area contributed by atoms with Gasteiger partial charge in [0.05, 0.1) is 22.4 Å². The first-order valence-electron chi connectivity index (χ1n) is 5.75. The number of hydrogen-bond acceptors (Lipinski definition) is 3. The fourth-order valence-corrected chi connectivity index (χ4v) is 2.43. The summed E-state index contributed by atoms with van der Waals surface area (Å²) in [4.78, 5) is 3.87. The number of nitrogens with two attached hydrogens (primary N) is 1. The highest BCUT2D eigenvalue weighted by molar-refractivity contribution is 6.34. The number of benzene rings is 1. The van der Waals surface area contributed by atoms with Gasteiger partial charge in [0.25, 0.3) is 0 Å². The average Bonchev–Trinajstić information content (AvgIpc) is 2.83. The van der Waals surface area contributed by atoms with Gasteiger partial charge in [-0.05, 0) is 20.6 Å². The maximum Gasteiger partial charge on any atom is 0.149 e. The molecule has 0 bridgehead atoms. The van der Waals surface area contributed by atoms with E-state index in [2.05, 4.69) is 21.9 Å². The third-order valence-electron chi connectivity index (χ3n) is 2.98. The summed E-state index contributed by atoms with van der Waals surface area (Å²) in [5.41, 5.74) is 7.64. The minimum absolute atomic E-state index is 0.0123. The fraction of sp³-hybridized carbons (Fsp3) is 0.231. The number of fused-ring (bicyclic) bond motifs is 1. The zero-order chi connectivity index (χ0) is 14.2. The van der Waals surface area contributed by atoms with E-state index in [9.17, 15) is 4.39 Å². The predicted octanol–water partition coefficient (Wildman–Crippen LogP) is 3.44. The lowest BCUT2D eigenvalue weighted by Gasteiger charge is -2.14. The Kier molecular flexibility index (Phi) is 3.68. The molecule has 0 aliphatic heterocycles. The highest BCUT2D eigenvalue weighted by Crippen LogP contribution is 2.38. The number of aliphatic imine (C=N–C) groups is 1. The Morgan fingerprint density at radius 2 is 2.37 bits per heavy atom. The molecule has 0 aliphatic carbocycles. The molecule has 0 fully saturated rings. The molecule has 0 saturated carbocycles. The first-order valence-corrected chi connectivity index (χ1v) is 6.13. The molecule has 4 nitrogen and oxygen atoms in total. The molecule has 0 aliphatic rings. The van der Waals surface area contributed by atoms with Crippen LogP contribution in [0.3, 0.4) is 0 Å². The van der Waals surface area contributed by atoms with Crippen molar-refractivity contribution in [2.24, 2.45) is 10.7 Å². The summed E-state index contributed by atoms with van der Waals surface area (Å²) in [6, 6.07) is -0.500. The molecule has 2 rings (SSSR count). The normalized spacial score (nSPS) is 13.8. The number of rotatable bonds is 3. The van der Waals surface area contributed by atoms with Crippen molar-refractivity contribution in [1.29, 1.82) is 0 Å². The van der Waals surface area contributed by atoms with Crippen molar-refractivity contribution < 1.29 is 4.39 Å². The van der Waals surface area contributed by atoms with Gasteiger partial charge in [-0.2, -0.15) is 5.10 Å². The second-order valence-electron chi connectivity index (χ2n) is 4.20. The number of nitrogens with zero attached hydrogens (tertiary/aromatic N) is 2. The zero-order valence-electron chi connectivity index (χ0n) is 10.7. The number of hydrogen-bond donors (Lipinski definition) is 2. The number of aromatic nitrogens is 2. The van der Waals surface area contributed by atoms with Crippen LogP contribution in [0.2, 0.25) is 5.02 Å². The highest BCUT2D eigenvalue weighted by Gasteiger charge is 2.23. The Labute approximate surface area is 115 Å². The van der Waals surface area contributed by atoms with Crippen LogP contribution in [-0.2, 0) is 0 Å². The molecule has 0 radical (unpaired) electrons. The van der Waals surface area contributed by atoms with Gasteiger partial charge in [-0.25, -0.2) is 4.39 Å². The standard InChI is InChI=1S/C13H14ClFN4/c1-4-8(17-3)10-7-5-18-19-13(7)9(6(2)16)12(15)11(10)14/h4-6H,3,16H2,1-2H3,(H,18,19)/b8-4-. The minimum Gasteiger partial charge on any atom is -0.324 e. The summed E-state index contributed by atoms with van der Waals surface area (Å²) >= 11 is 6.13. The van der Waals surface area contributed by atoms with Crippen molar-refractivity contribution in [3.05, 3.63) is 34.2 Å². The van der Waals surface area contributed by atoms with Crippen LogP contribution in [0.25, 0.3) is 16.6 Å². The molecule has 19 heavy (non-hydrogen) atoms. The second-order valence-corrected chi connectivity index (χ2v) is 4.57. The SMILES string of the molecule is C=N/C(=C\C)c1c(Cl)c(F)c(C(C)N)c2[nH]ncc12. The third kappa shape index (κ3) is 2.05. The maximum atomic E-state index is 14.4. The number of aromatic amines is 1. The molecule has 1 heterocycles. The average molecular weight is 281 g/mol. The van der Waals surface area contributed by atoms with E-state index in [-0.39, 0.29) is 5.02 Å².